The molecule has 1 aliphatic heterocycles. The Kier molecular flexibility index (Phi) is 4.21. The zero-order chi connectivity index (χ0) is 15.6. The van der Waals surface area contributed by atoms with E-state index in [-0.39, 0.29) is 5.91 Å². The fourth-order valence-corrected chi connectivity index (χ4v) is 2.74. The number of carbonyl (C=O) groups excluding carboxylic acids is 2. The van der Waals surface area contributed by atoms with E-state index in [2.05, 4.69) is 5.32 Å². The Labute approximate surface area is 125 Å². The molecule has 0 bridgehead atoms. The van der Waals surface area contributed by atoms with Crippen LogP contribution in [0.4, 0.5) is 4.79 Å². The Balaban J connectivity index is 2.10. The monoisotopic (exact) mass is 289 g/mol. The van der Waals surface area contributed by atoms with Crippen molar-refractivity contribution in [1.29, 1.82) is 0 Å². The largest absolute Gasteiger partial charge is 0.351 e. The van der Waals surface area contributed by atoms with Gasteiger partial charge in [0.1, 0.15) is 6.04 Å². The summed E-state index contributed by atoms with van der Waals surface area (Å²) in [5.74, 6) is -0.142. The first-order chi connectivity index (χ1) is 9.81. The number of hydrogen-bond donors (Lipinski definition) is 2. The average molecular weight is 289 g/mol. The van der Waals surface area contributed by atoms with Crippen LogP contribution in [0.3, 0.4) is 0 Å². The van der Waals surface area contributed by atoms with Crippen molar-refractivity contribution in [2.24, 2.45) is 5.73 Å². The highest BCUT2D eigenvalue weighted by molar-refractivity contribution is 5.87. The van der Waals surface area contributed by atoms with Gasteiger partial charge in [-0.05, 0) is 39.2 Å². The van der Waals surface area contributed by atoms with E-state index in [4.69, 9.17) is 5.73 Å². The molecule has 3 N–H and O–H groups in total. The van der Waals surface area contributed by atoms with Crippen molar-refractivity contribution in [3.05, 3.63) is 35.4 Å². The van der Waals surface area contributed by atoms with Gasteiger partial charge in [0.25, 0.3) is 0 Å². The lowest BCUT2D eigenvalue weighted by atomic mass is 9.93. The van der Waals surface area contributed by atoms with Crippen LogP contribution >= 0.6 is 0 Å². The second kappa shape index (κ2) is 5.76. The van der Waals surface area contributed by atoms with E-state index < -0.39 is 17.6 Å². The lowest BCUT2D eigenvalue weighted by Gasteiger charge is -2.30. The standard InChI is InChI=1S/C16H23N3O2/c1-11-6-8-12(9-7-11)16(2,3)18-14(20)13-5-4-10-19(13)15(17)21/h6-9,13H,4-5,10H2,1-3H3,(H2,17,21)(H,18,20)/t13-/m1/s1. The second-order valence-corrected chi connectivity index (χ2v) is 6.17. The topological polar surface area (TPSA) is 75.4 Å². The van der Waals surface area contributed by atoms with E-state index in [9.17, 15) is 9.59 Å². The van der Waals surface area contributed by atoms with Crippen molar-refractivity contribution in [2.75, 3.05) is 6.54 Å². The van der Waals surface area contributed by atoms with Gasteiger partial charge in [-0.25, -0.2) is 4.79 Å². The van der Waals surface area contributed by atoms with Crippen molar-refractivity contribution in [3.63, 3.8) is 0 Å². The molecule has 1 atom stereocenters. The first kappa shape index (κ1) is 15.4. The number of aryl methyl sites for hydroxylation is 1. The van der Waals surface area contributed by atoms with Crippen molar-refractivity contribution >= 4 is 11.9 Å². The number of amides is 3. The first-order valence-corrected chi connectivity index (χ1v) is 7.26. The molecule has 5 heteroatoms. The zero-order valence-corrected chi connectivity index (χ0v) is 12.8. The van der Waals surface area contributed by atoms with Crippen molar-refractivity contribution in [3.8, 4) is 0 Å². The van der Waals surface area contributed by atoms with Crippen LogP contribution in [0.15, 0.2) is 24.3 Å². The number of likely N-dealkylation sites (tertiary alicyclic amines) is 1. The van der Waals surface area contributed by atoms with Gasteiger partial charge in [0, 0.05) is 6.54 Å². The molecule has 3 amide bonds. The molecule has 1 fully saturated rings. The van der Waals surface area contributed by atoms with Gasteiger partial charge in [-0.3, -0.25) is 4.79 Å². The molecular weight excluding hydrogens is 266 g/mol. The normalized spacial score (nSPS) is 18.6. The van der Waals surface area contributed by atoms with E-state index in [0.29, 0.717) is 13.0 Å². The van der Waals surface area contributed by atoms with Crippen LogP contribution in [0.1, 0.15) is 37.8 Å². The predicted molar refractivity (Wildman–Crippen MR) is 81.7 cm³/mol. The number of benzene rings is 1. The summed E-state index contributed by atoms with van der Waals surface area (Å²) in [6.07, 6.45) is 1.48. The highest BCUT2D eigenvalue weighted by Crippen LogP contribution is 2.23. The Bertz CT molecular complexity index is 537. The van der Waals surface area contributed by atoms with Gasteiger partial charge in [0.15, 0.2) is 0 Å². The molecule has 0 saturated carbocycles. The molecule has 1 aliphatic rings. The summed E-state index contributed by atoms with van der Waals surface area (Å²) in [6, 6.07) is 7.09. The molecule has 1 aromatic carbocycles. The van der Waals surface area contributed by atoms with E-state index >= 15 is 0 Å². The smallest absolute Gasteiger partial charge is 0.315 e. The van der Waals surface area contributed by atoms with Crippen LogP contribution in [0, 0.1) is 6.92 Å². The van der Waals surface area contributed by atoms with Gasteiger partial charge in [-0.2, -0.15) is 0 Å². The fourth-order valence-electron chi connectivity index (χ4n) is 2.74. The van der Waals surface area contributed by atoms with Crippen molar-refractivity contribution < 1.29 is 9.59 Å². The third-order valence-electron chi connectivity index (χ3n) is 4.05. The molecule has 1 saturated heterocycles. The van der Waals surface area contributed by atoms with Crippen LogP contribution < -0.4 is 11.1 Å². The van der Waals surface area contributed by atoms with Crippen LogP contribution in [0.5, 0.6) is 0 Å². The molecule has 114 valence electrons. The number of carbonyl (C=O) groups is 2. The van der Waals surface area contributed by atoms with Crippen LogP contribution in [0.2, 0.25) is 0 Å². The summed E-state index contributed by atoms with van der Waals surface area (Å²) >= 11 is 0. The maximum Gasteiger partial charge on any atom is 0.315 e. The molecule has 0 unspecified atom stereocenters. The third kappa shape index (κ3) is 3.35. The summed E-state index contributed by atoms with van der Waals surface area (Å²) < 4.78 is 0. The Morgan fingerprint density at radius 3 is 2.48 bits per heavy atom. The number of primary amides is 1. The molecule has 0 radical (unpaired) electrons. The summed E-state index contributed by atoms with van der Waals surface area (Å²) in [6.45, 7) is 6.50. The van der Waals surface area contributed by atoms with E-state index in [1.165, 1.54) is 10.5 Å². The molecule has 0 aromatic heterocycles. The minimum atomic E-state index is -0.527. The summed E-state index contributed by atoms with van der Waals surface area (Å²) in [7, 11) is 0. The Hall–Kier alpha value is -2.04. The van der Waals surface area contributed by atoms with E-state index in [0.717, 1.165) is 12.0 Å². The van der Waals surface area contributed by atoms with E-state index in [1.807, 2.05) is 45.0 Å². The number of nitrogens with two attached hydrogens (primary N) is 1. The first-order valence-electron chi connectivity index (χ1n) is 7.26. The Morgan fingerprint density at radius 2 is 1.90 bits per heavy atom. The lowest BCUT2D eigenvalue weighted by molar-refractivity contribution is -0.126. The zero-order valence-electron chi connectivity index (χ0n) is 12.8. The van der Waals surface area contributed by atoms with Crippen LogP contribution in [-0.2, 0) is 10.3 Å². The molecule has 5 nitrogen and oxygen atoms in total. The lowest BCUT2D eigenvalue weighted by Crippen LogP contribution is -2.52. The van der Waals surface area contributed by atoms with Gasteiger partial charge in [-0.15, -0.1) is 0 Å². The summed E-state index contributed by atoms with van der Waals surface area (Å²) in [5, 5.41) is 3.03. The van der Waals surface area contributed by atoms with Gasteiger partial charge >= 0.3 is 6.03 Å². The number of nitrogens with one attached hydrogen (secondary N) is 1. The average Bonchev–Trinajstić information content (AvgIpc) is 2.88. The minimum Gasteiger partial charge on any atom is -0.351 e. The number of hydrogen-bond acceptors (Lipinski definition) is 2. The molecule has 2 rings (SSSR count). The SMILES string of the molecule is Cc1ccc(C(C)(C)NC(=O)[C@H]2CCCN2C(N)=O)cc1. The van der Waals surface area contributed by atoms with Crippen molar-refractivity contribution in [1.82, 2.24) is 10.2 Å². The third-order valence-corrected chi connectivity index (χ3v) is 4.05. The van der Waals surface area contributed by atoms with Crippen LogP contribution in [-0.4, -0.2) is 29.4 Å². The quantitative estimate of drug-likeness (QED) is 0.891. The number of urea groups is 1. The molecule has 1 heterocycles. The second-order valence-electron chi connectivity index (χ2n) is 6.17. The molecule has 21 heavy (non-hydrogen) atoms. The van der Waals surface area contributed by atoms with Gasteiger partial charge < -0.3 is 16.0 Å². The van der Waals surface area contributed by atoms with Gasteiger partial charge in [-0.1, -0.05) is 29.8 Å². The molecule has 0 aliphatic carbocycles. The number of rotatable bonds is 3. The minimum absolute atomic E-state index is 0.142. The molecular formula is C16H23N3O2. The summed E-state index contributed by atoms with van der Waals surface area (Å²) in [4.78, 5) is 25.3. The molecule has 1 aromatic rings. The fraction of sp³-hybridized carbons (Fsp3) is 0.500. The van der Waals surface area contributed by atoms with Crippen molar-refractivity contribution in [2.45, 2.75) is 45.2 Å². The van der Waals surface area contributed by atoms with Crippen LogP contribution in [0.25, 0.3) is 0 Å². The highest BCUT2D eigenvalue weighted by Gasteiger charge is 2.35. The molecule has 0 spiro atoms. The van der Waals surface area contributed by atoms with Gasteiger partial charge in [0.2, 0.25) is 5.91 Å². The van der Waals surface area contributed by atoms with Gasteiger partial charge in [0.05, 0.1) is 5.54 Å². The van der Waals surface area contributed by atoms with E-state index in [1.54, 1.807) is 0 Å². The summed E-state index contributed by atoms with van der Waals surface area (Å²) in [5.41, 5.74) is 7.04. The predicted octanol–water partition coefficient (Wildman–Crippen LogP) is 1.89. The number of nitrogens with zero attached hydrogens (tertiary/aromatic N) is 1. The Morgan fingerprint density at radius 1 is 1.29 bits per heavy atom. The highest BCUT2D eigenvalue weighted by atomic mass is 16.2. The maximum atomic E-state index is 12.5. The maximum absolute atomic E-state index is 12.5.